The Kier molecular flexibility index (Phi) is 7.18. The lowest BCUT2D eigenvalue weighted by atomic mass is 10.1. The number of carbonyl (C=O) groups excluding carboxylic acids is 1. The maximum atomic E-state index is 13.0. The summed E-state index contributed by atoms with van der Waals surface area (Å²) in [5.41, 5.74) is 4.20. The van der Waals surface area contributed by atoms with Gasteiger partial charge in [0.1, 0.15) is 10.9 Å². The number of halogens is 4. The first kappa shape index (κ1) is 24.8. The summed E-state index contributed by atoms with van der Waals surface area (Å²) >= 11 is 12.5. The van der Waals surface area contributed by atoms with Crippen LogP contribution in [-0.2, 0) is 6.54 Å². The Bertz CT molecular complexity index is 1310. The highest BCUT2D eigenvalue weighted by atomic mass is 35.5. The van der Waals surface area contributed by atoms with Crippen molar-refractivity contribution in [2.45, 2.75) is 33.4 Å². The summed E-state index contributed by atoms with van der Waals surface area (Å²) in [4.78, 5) is 20.7. The van der Waals surface area contributed by atoms with Crippen LogP contribution in [0, 0.1) is 6.92 Å². The van der Waals surface area contributed by atoms with Gasteiger partial charge in [-0.3, -0.25) is 14.8 Å². The molecule has 1 aromatic carbocycles. The van der Waals surface area contributed by atoms with E-state index in [2.05, 4.69) is 26.6 Å². The summed E-state index contributed by atoms with van der Waals surface area (Å²) < 4.78 is 30.6. The molecular formula is C24H21Cl2F2N5O2. The number of alkyl halides is 2. The van der Waals surface area contributed by atoms with Gasteiger partial charge in [0, 0.05) is 58.7 Å². The third kappa shape index (κ3) is 5.21. The predicted octanol–water partition coefficient (Wildman–Crippen LogP) is 5.51. The van der Waals surface area contributed by atoms with Crippen molar-refractivity contribution in [1.29, 1.82) is 0 Å². The Morgan fingerprint density at radius 2 is 2.11 bits per heavy atom. The Morgan fingerprint density at radius 3 is 2.83 bits per heavy atom. The summed E-state index contributed by atoms with van der Waals surface area (Å²) in [5.74, 6) is -0.231. The van der Waals surface area contributed by atoms with E-state index >= 15 is 0 Å². The second-order valence-corrected chi connectivity index (χ2v) is 8.66. The zero-order valence-electron chi connectivity index (χ0n) is 18.9. The normalized spacial score (nSPS) is 15.4. The van der Waals surface area contributed by atoms with Gasteiger partial charge >= 0.3 is 6.61 Å². The van der Waals surface area contributed by atoms with Crippen LogP contribution in [-0.4, -0.2) is 39.9 Å². The zero-order valence-corrected chi connectivity index (χ0v) is 20.4. The lowest BCUT2D eigenvalue weighted by Gasteiger charge is -2.27. The van der Waals surface area contributed by atoms with Gasteiger partial charge in [-0.1, -0.05) is 29.8 Å². The molecule has 1 N–H and O–H groups in total. The number of dihydropyridines is 1. The van der Waals surface area contributed by atoms with Crippen LogP contribution in [0.4, 0.5) is 8.78 Å². The molecule has 0 bridgehead atoms. The average Bonchev–Trinajstić information content (AvgIpc) is 3.20. The van der Waals surface area contributed by atoms with E-state index in [0.29, 0.717) is 64.2 Å². The van der Waals surface area contributed by atoms with Crippen LogP contribution in [0.25, 0.3) is 5.70 Å². The molecule has 0 saturated heterocycles. The number of ether oxygens (including phenoxy) is 1. The molecule has 182 valence electrons. The van der Waals surface area contributed by atoms with Crippen LogP contribution >= 0.6 is 23.2 Å². The van der Waals surface area contributed by atoms with Crippen molar-refractivity contribution in [3.8, 4) is 5.75 Å². The van der Waals surface area contributed by atoms with E-state index in [-0.39, 0.29) is 16.7 Å². The molecule has 7 nitrogen and oxygen atoms in total. The molecule has 0 atom stereocenters. The maximum absolute atomic E-state index is 13.0. The molecule has 0 fully saturated rings. The second-order valence-electron chi connectivity index (χ2n) is 7.86. The van der Waals surface area contributed by atoms with Gasteiger partial charge in [0.25, 0.3) is 5.91 Å². The van der Waals surface area contributed by atoms with E-state index in [1.165, 1.54) is 6.07 Å². The number of allylic oxidation sites excluding steroid dienone is 1. The molecule has 0 radical (unpaired) electrons. The first-order valence-corrected chi connectivity index (χ1v) is 11.4. The van der Waals surface area contributed by atoms with E-state index < -0.39 is 6.61 Å². The molecular weight excluding hydrogens is 499 g/mol. The standard InChI is InChI=1S/C24H21Cl2F2N5O2/c1-12-19(25)8-15(9-20(12)35-24(27)28)14(3)33(16-4-6-29-21(26)10-16)32-13(2)22-18-11-31-23(34)17(18)5-7-30-22/h5,7-10,24H,3-4,6,11H2,1-2H3,(H,31,34)/b32-13+. The van der Waals surface area contributed by atoms with E-state index in [9.17, 15) is 13.6 Å². The molecule has 1 amide bonds. The van der Waals surface area contributed by atoms with Crippen molar-refractivity contribution in [3.05, 3.63) is 75.7 Å². The fourth-order valence-electron chi connectivity index (χ4n) is 3.82. The molecule has 2 aromatic rings. The number of hydrogen-bond acceptors (Lipinski definition) is 6. The van der Waals surface area contributed by atoms with E-state index in [4.69, 9.17) is 28.3 Å². The van der Waals surface area contributed by atoms with Crippen molar-refractivity contribution >= 4 is 45.7 Å². The minimum Gasteiger partial charge on any atom is -0.434 e. The van der Waals surface area contributed by atoms with Crippen LogP contribution in [0.5, 0.6) is 5.75 Å². The first-order valence-electron chi connectivity index (χ1n) is 10.6. The number of pyridine rings is 1. The van der Waals surface area contributed by atoms with Crippen LogP contribution < -0.4 is 10.1 Å². The Morgan fingerprint density at radius 1 is 1.34 bits per heavy atom. The van der Waals surface area contributed by atoms with E-state index in [1.807, 2.05) is 0 Å². The second kappa shape index (κ2) is 10.1. The monoisotopic (exact) mass is 519 g/mol. The van der Waals surface area contributed by atoms with Crippen molar-refractivity contribution in [2.75, 3.05) is 6.54 Å². The number of hydrazone groups is 1. The zero-order chi connectivity index (χ0) is 25.3. The van der Waals surface area contributed by atoms with Gasteiger partial charge in [-0.05, 0) is 38.1 Å². The molecule has 0 unspecified atom stereocenters. The van der Waals surface area contributed by atoms with Gasteiger partial charge in [-0.2, -0.15) is 13.9 Å². The molecule has 3 heterocycles. The summed E-state index contributed by atoms with van der Waals surface area (Å²) in [7, 11) is 0. The Balaban J connectivity index is 1.80. The molecule has 35 heavy (non-hydrogen) atoms. The van der Waals surface area contributed by atoms with Crippen molar-refractivity contribution < 1.29 is 18.3 Å². The predicted molar refractivity (Wildman–Crippen MR) is 132 cm³/mol. The van der Waals surface area contributed by atoms with Crippen molar-refractivity contribution in [1.82, 2.24) is 15.3 Å². The molecule has 0 saturated carbocycles. The van der Waals surface area contributed by atoms with E-state index in [1.54, 1.807) is 43.3 Å². The quantitative estimate of drug-likeness (QED) is 0.386. The number of amides is 1. The molecule has 1 aromatic heterocycles. The maximum Gasteiger partial charge on any atom is 0.387 e. The van der Waals surface area contributed by atoms with Crippen LogP contribution in [0.15, 0.2) is 52.8 Å². The fraction of sp³-hybridized carbons (Fsp3) is 0.250. The number of hydrogen-bond donors (Lipinski definition) is 1. The SMILES string of the molecule is C=C(c1cc(Cl)c(C)c(OC(F)F)c1)N(/N=C(\C)c1nccc2c1CNC2=O)C1=CC(Cl)=NCC1. The van der Waals surface area contributed by atoms with Crippen LogP contribution in [0.1, 0.15) is 46.1 Å². The van der Waals surface area contributed by atoms with Gasteiger partial charge in [-0.25, -0.2) is 5.01 Å². The first-order chi connectivity index (χ1) is 16.7. The topological polar surface area (TPSA) is 79.2 Å². The molecule has 0 spiro atoms. The number of nitrogens with one attached hydrogen (secondary N) is 1. The summed E-state index contributed by atoms with van der Waals surface area (Å²) in [6, 6.07) is 4.70. The summed E-state index contributed by atoms with van der Waals surface area (Å²) in [6.07, 6.45) is 3.72. The van der Waals surface area contributed by atoms with Crippen molar-refractivity contribution in [3.63, 3.8) is 0 Å². The van der Waals surface area contributed by atoms with Gasteiger partial charge in [-0.15, -0.1) is 0 Å². The number of rotatable bonds is 7. The summed E-state index contributed by atoms with van der Waals surface area (Å²) in [6.45, 7) is 5.27. The molecule has 11 heteroatoms. The Hall–Kier alpha value is -3.30. The summed E-state index contributed by atoms with van der Waals surface area (Å²) in [5, 5.41) is 9.65. The lowest BCUT2D eigenvalue weighted by Crippen LogP contribution is -2.21. The number of fused-ring (bicyclic) bond motifs is 1. The molecule has 2 aliphatic heterocycles. The van der Waals surface area contributed by atoms with Gasteiger partial charge in [0.2, 0.25) is 0 Å². The fourth-order valence-corrected chi connectivity index (χ4v) is 4.24. The molecule has 2 aliphatic rings. The van der Waals surface area contributed by atoms with Crippen LogP contribution in [0.3, 0.4) is 0 Å². The lowest BCUT2D eigenvalue weighted by molar-refractivity contribution is -0.0503. The number of nitrogens with zero attached hydrogens (tertiary/aromatic N) is 4. The largest absolute Gasteiger partial charge is 0.434 e. The van der Waals surface area contributed by atoms with Crippen molar-refractivity contribution in [2.24, 2.45) is 10.1 Å². The van der Waals surface area contributed by atoms with Gasteiger partial charge in [0.05, 0.1) is 17.1 Å². The van der Waals surface area contributed by atoms with Crippen LogP contribution in [0.2, 0.25) is 5.02 Å². The third-order valence-corrected chi connectivity index (χ3v) is 6.23. The molecule has 0 aliphatic carbocycles. The average molecular weight is 520 g/mol. The Labute approximate surface area is 210 Å². The number of aromatic nitrogens is 1. The number of aliphatic imine (C=N–C) groups is 1. The minimum absolute atomic E-state index is 0.0614. The number of benzene rings is 1. The van der Waals surface area contributed by atoms with Gasteiger partial charge in [0.15, 0.2) is 0 Å². The number of carbonyl (C=O) groups is 1. The highest BCUT2D eigenvalue weighted by Crippen LogP contribution is 2.35. The van der Waals surface area contributed by atoms with Gasteiger partial charge < -0.3 is 10.1 Å². The highest BCUT2D eigenvalue weighted by molar-refractivity contribution is 6.68. The van der Waals surface area contributed by atoms with E-state index in [0.717, 1.165) is 5.56 Å². The highest BCUT2D eigenvalue weighted by Gasteiger charge is 2.25. The third-order valence-electron chi connectivity index (χ3n) is 5.61. The minimum atomic E-state index is -3.01. The molecule has 4 rings (SSSR count). The smallest absolute Gasteiger partial charge is 0.387 e.